The summed E-state index contributed by atoms with van der Waals surface area (Å²) in [4.78, 5) is 3.89. The van der Waals surface area contributed by atoms with Crippen LogP contribution in [0.1, 0.15) is 11.0 Å². The van der Waals surface area contributed by atoms with Gasteiger partial charge in [0.05, 0.1) is 4.88 Å². The van der Waals surface area contributed by atoms with E-state index in [0.29, 0.717) is 5.01 Å². The molecule has 2 rings (SSSR count). The monoisotopic (exact) mass is 271 g/mol. The molecule has 0 saturated carbocycles. The maximum absolute atomic E-state index is 12.6. The first-order valence-corrected chi connectivity index (χ1v) is 5.77. The van der Waals surface area contributed by atoms with Gasteiger partial charge in [-0.15, -0.1) is 11.3 Å². The van der Waals surface area contributed by atoms with Crippen molar-refractivity contribution in [2.75, 3.05) is 0 Å². The van der Waals surface area contributed by atoms with E-state index in [4.69, 9.17) is 7.11 Å². The number of hydrogen-bond donors (Lipinski definition) is 0. The van der Waals surface area contributed by atoms with Crippen LogP contribution in [0.2, 0.25) is 0 Å². The fourth-order valence-corrected chi connectivity index (χ4v) is 2.41. The Morgan fingerprint density at radius 1 is 1.22 bits per heavy atom. The van der Waals surface area contributed by atoms with Crippen molar-refractivity contribution in [1.29, 1.82) is 0 Å². The maximum atomic E-state index is 12.6. The first-order chi connectivity index (χ1) is 8.52. The molecule has 18 heavy (non-hydrogen) atoms. The zero-order valence-corrected chi connectivity index (χ0v) is 9.83. The van der Waals surface area contributed by atoms with Crippen LogP contribution in [0.4, 0.5) is 13.2 Å². The minimum absolute atomic E-state index is 0.0659. The smallest absolute Gasteiger partial charge is 0.354 e. The zero-order valence-electron chi connectivity index (χ0n) is 9.02. The molecule has 6 heteroatoms. The third-order valence-corrected chi connectivity index (χ3v) is 3.33. The van der Waals surface area contributed by atoms with E-state index in [1.54, 1.807) is 24.3 Å². The minimum atomic E-state index is -4.55. The van der Waals surface area contributed by atoms with Crippen LogP contribution in [0.25, 0.3) is 10.6 Å². The molecule has 0 aliphatic carbocycles. The summed E-state index contributed by atoms with van der Waals surface area (Å²) in [6, 6.07) is 8.94. The van der Waals surface area contributed by atoms with Crippen molar-refractivity contribution < 1.29 is 17.9 Å². The second kappa shape index (κ2) is 5.07. The van der Waals surface area contributed by atoms with Gasteiger partial charge in [0.1, 0.15) is 12.1 Å². The normalized spacial score (nSPS) is 13.6. The van der Waals surface area contributed by atoms with Crippen LogP contribution in [0.15, 0.2) is 36.5 Å². The van der Waals surface area contributed by atoms with Gasteiger partial charge >= 0.3 is 6.18 Å². The fraction of sp³-hybridized carbons (Fsp3) is 0.167. The third kappa shape index (κ3) is 2.70. The molecule has 1 aromatic carbocycles. The molecule has 1 atom stereocenters. The number of hydrogen-bond acceptors (Lipinski definition) is 3. The highest BCUT2D eigenvalue weighted by atomic mass is 32.1. The van der Waals surface area contributed by atoms with E-state index in [2.05, 4.69) is 9.72 Å². The Morgan fingerprint density at radius 2 is 1.89 bits per heavy atom. The van der Waals surface area contributed by atoms with Crippen LogP contribution in [0.5, 0.6) is 0 Å². The van der Waals surface area contributed by atoms with E-state index < -0.39 is 12.3 Å². The molecule has 0 aliphatic rings. The minimum Gasteiger partial charge on any atom is -0.354 e. The Bertz CT molecular complexity index is 510. The molecule has 1 aromatic heterocycles. The van der Waals surface area contributed by atoms with Crippen molar-refractivity contribution in [2.24, 2.45) is 0 Å². The Kier molecular flexibility index (Phi) is 3.68. The van der Waals surface area contributed by atoms with Crippen molar-refractivity contribution in [2.45, 2.75) is 12.3 Å². The number of rotatable bonds is 3. The van der Waals surface area contributed by atoms with Gasteiger partial charge in [0.15, 0.2) is 6.10 Å². The summed E-state index contributed by atoms with van der Waals surface area (Å²) in [5, 5.41) is 0.497. The summed E-state index contributed by atoms with van der Waals surface area (Å²) in [6.45, 7) is 0. The summed E-state index contributed by atoms with van der Waals surface area (Å²) in [5.41, 5.74) is 0.756. The van der Waals surface area contributed by atoms with Gasteiger partial charge < -0.3 is 4.74 Å². The number of ether oxygens (including phenoxy) is 1. The van der Waals surface area contributed by atoms with Gasteiger partial charge in [0.2, 0.25) is 0 Å². The first kappa shape index (κ1) is 13.0. The Morgan fingerprint density at radius 3 is 2.44 bits per heavy atom. The number of benzene rings is 1. The second-order valence-electron chi connectivity index (χ2n) is 3.49. The number of halogens is 3. The average Bonchev–Trinajstić information content (AvgIpc) is 2.78. The van der Waals surface area contributed by atoms with Gasteiger partial charge in [0, 0.05) is 11.8 Å². The standard InChI is InChI=1S/C12H8F3NOS/c1-17-10(12(13,14)15)9-7-16-11(18-9)8-5-3-2-4-6-8/h1-7,10H. The molecule has 0 saturated heterocycles. The van der Waals surface area contributed by atoms with E-state index in [0.717, 1.165) is 23.1 Å². The molecule has 2 aromatic rings. The second-order valence-corrected chi connectivity index (χ2v) is 4.55. The third-order valence-electron chi connectivity index (χ3n) is 2.24. The number of nitrogens with zero attached hydrogens (tertiary/aromatic N) is 1. The van der Waals surface area contributed by atoms with Crippen LogP contribution in [0.3, 0.4) is 0 Å². The summed E-state index contributed by atoms with van der Waals surface area (Å²) < 4.78 is 41.8. The molecule has 0 N–H and O–H groups in total. The number of thiazole rings is 1. The molecule has 1 unspecified atom stereocenters. The van der Waals surface area contributed by atoms with Crippen molar-refractivity contribution in [1.82, 2.24) is 4.98 Å². The highest BCUT2D eigenvalue weighted by Crippen LogP contribution is 2.39. The Labute approximate surface area is 106 Å². The van der Waals surface area contributed by atoms with Gasteiger partial charge in [-0.1, -0.05) is 30.3 Å². The van der Waals surface area contributed by atoms with Crippen molar-refractivity contribution in [3.05, 3.63) is 48.5 Å². The molecule has 0 spiro atoms. The van der Waals surface area contributed by atoms with E-state index in [1.165, 1.54) is 0 Å². The lowest BCUT2D eigenvalue weighted by molar-refractivity contribution is -0.208. The fourth-order valence-electron chi connectivity index (χ4n) is 1.43. The molecular formula is C12H8F3NOS. The van der Waals surface area contributed by atoms with Gasteiger partial charge in [-0.2, -0.15) is 13.2 Å². The average molecular weight is 271 g/mol. The quantitative estimate of drug-likeness (QED) is 0.838. The molecule has 0 fully saturated rings. The zero-order chi connectivity index (χ0) is 13.2. The predicted molar refractivity (Wildman–Crippen MR) is 61.7 cm³/mol. The highest BCUT2D eigenvalue weighted by Gasteiger charge is 2.42. The predicted octanol–water partition coefficient (Wildman–Crippen LogP) is 4.10. The van der Waals surface area contributed by atoms with Crippen LogP contribution in [-0.4, -0.2) is 11.2 Å². The van der Waals surface area contributed by atoms with E-state index in [1.807, 2.05) is 6.07 Å². The molecule has 2 radical (unpaired) electrons. The molecule has 0 amide bonds. The SMILES string of the molecule is [CH]OC(c1cnc(-c2ccccc2)s1)C(F)(F)F. The summed E-state index contributed by atoms with van der Waals surface area (Å²) >= 11 is 0.909. The van der Waals surface area contributed by atoms with Crippen LogP contribution in [-0.2, 0) is 4.74 Å². The summed E-state index contributed by atoms with van der Waals surface area (Å²) in [5.74, 6) is 0. The van der Waals surface area contributed by atoms with Crippen LogP contribution >= 0.6 is 11.3 Å². The number of aromatic nitrogens is 1. The van der Waals surface area contributed by atoms with Crippen LogP contribution in [0, 0.1) is 7.11 Å². The summed E-state index contributed by atoms with van der Waals surface area (Å²) in [6.07, 6.45) is -5.54. The largest absolute Gasteiger partial charge is 0.419 e. The first-order valence-electron chi connectivity index (χ1n) is 4.96. The van der Waals surface area contributed by atoms with Gasteiger partial charge in [-0.05, 0) is 0 Å². The van der Waals surface area contributed by atoms with E-state index in [9.17, 15) is 13.2 Å². The number of alkyl halides is 3. The molecule has 0 bridgehead atoms. The van der Waals surface area contributed by atoms with Crippen molar-refractivity contribution >= 4 is 11.3 Å². The van der Waals surface area contributed by atoms with E-state index >= 15 is 0 Å². The molecule has 94 valence electrons. The lowest BCUT2D eigenvalue weighted by Crippen LogP contribution is -2.20. The van der Waals surface area contributed by atoms with Crippen molar-refractivity contribution in [3.8, 4) is 10.6 Å². The van der Waals surface area contributed by atoms with Crippen LogP contribution < -0.4 is 0 Å². The van der Waals surface area contributed by atoms with Gasteiger partial charge in [0.25, 0.3) is 0 Å². The molecule has 0 aliphatic heterocycles. The molecule has 1 heterocycles. The summed E-state index contributed by atoms with van der Waals surface area (Å²) in [7, 11) is 4.70. The highest BCUT2D eigenvalue weighted by molar-refractivity contribution is 7.15. The van der Waals surface area contributed by atoms with Gasteiger partial charge in [-0.3, -0.25) is 0 Å². The lowest BCUT2D eigenvalue weighted by Gasteiger charge is -2.15. The Hall–Kier alpha value is -1.40. The topological polar surface area (TPSA) is 22.1 Å². The molecule has 2 nitrogen and oxygen atoms in total. The van der Waals surface area contributed by atoms with Crippen molar-refractivity contribution in [3.63, 3.8) is 0 Å². The lowest BCUT2D eigenvalue weighted by atomic mass is 10.2. The van der Waals surface area contributed by atoms with E-state index in [-0.39, 0.29) is 4.88 Å². The maximum Gasteiger partial charge on any atom is 0.419 e. The Balaban J connectivity index is 2.31. The molecular weight excluding hydrogens is 263 g/mol. The van der Waals surface area contributed by atoms with Gasteiger partial charge in [-0.25, -0.2) is 4.98 Å².